The SMILES string of the molecule is CCn1nc(C)cc1C(=O)NCC(=O)NCC1CCCO1. The van der Waals surface area contributed by atoms with Gasteiger partial charge < -0.3 is 15.4 Å². The molecule has 1 unspecified atom stereocenters. The molecule has 0 aromatic carbocycles. The molecular formula is C14H22N4O3. The molecule has 7 nitrogen and oxygen atoms in total. The van der Waals surface area contributed by atoms with E-state index in [1.807, 2.05) is 13.8 Å². The average Bonchev–Trinajstić information content (AvgIpc) is 3.11. The van der Waals surface area contributed by atoms with E-state index in [4.69, 9.17) is 4.74 Å². The second kappa shape index (κ2) is 7.21. The first-order valence-corrected chi connectivity index (χ1v) is 7.31. The van der Waals surface area contributed by atoms with Gasteiger partial charge in [0.1, 0.15) is 5.69 Å². The van der Waals surface area contributed by atoms with Gasteiger partial charge in [0.2, 0.25) is 5.91 Å². The summed E-state index contributed by atoms with van der Waals surface area (Å²) in [5.74, 6) is -0.497. The fourth-order valence-electron chi connectivity index (χ4n) is 2.32. The van der Waals surface area contributed by atoms with Gasteiger partial charge in [-0.2, -0.15) is 5.10 Å². The minimum absolute atomic E-state index is 0.0422. The van der Waals surface area contributed by atoms with Gasteiger partial charge in [0.05, 0.1) is 18.3 Å². The first-order chi connectivity index (χ1) is 10.1. The zero-order chi connectivity index (χ0) is 15.2. The Hall–Kier alpha value is -1.89. The molecule has 0 spiro atoms. The molecule has 0 aliphatic carbocycles. The van der Waals surface area contributed by atoms with Gasteiger partial charge in [-0.3, -0.25) is 14.3 Å². The third kappa shape index (κ3) is 4.29. The number of aromatic nitrogens is 2. The lowest BCUT2D eigenvalue weighted by molar-refractivity contribution is -0.120. The van der Waals surface area contributed by atoms with Crippen molar-refractivity contribution in [1.82, 2.24) is 20.4 Å². The normalized spacial score (nSPS) is 17.7. The number of ether oxygens (including phenoxy) is 1. The van der Waals surface area contributed by atoms with Crippen molar-refractivity contribution in [2.45, 2.75) is 39.3 Å². The summed E-state index contributed by atoms with van der Waals surface area (Å²) in [6, 6.07) is 1.71. The van der Waals surface area contributed by atoms with Crippen molar-refractivity contribution in [1.29, 1.82) is 0 Å². The molecule has 1 atom stereocenters. The second-order valence-corrected chi connectivity index (χ2v) is 5.11. The molecule has 0 saturated carbocycles. The Bertz CT molecular complexity index is 506. The Morgan fingerprint density at radius 3 is 2.95 bits per heavy atom. The molecule has 1 aliphatic rings. The number of hydrogen-bond donors (Lipinski definition) is 2. The zero-order valence-electron chi connectivity index (χ0n) is 12.5. The van der Waals surface area contributed by atoms with Crippen LogP contribution in [0.2, 0.25) is 0 Å². The molecule has 1 aromatic heterocycles. The first kappa shape index (κ1) is 15.5. The Balaban J connectivity index is 1.76. The van der Waals surface area contributed by atoms with Gasteiger partial charge in [0.15, 0.2) is 0 Å². The molecule has 0 bridgehead atoms. The van der Waals surface area contributed by atoms with Crippen LogP contribution in [0, 0.1) is 6.92 Å². The number of nitrogens with zero attached hydrogens (tertiary/aromatic N) is 2. The van der Waals surface area contributed by atoms with Crippen molar-refractivity contribution in [3.63, 3.8) is 0 Å². The van der Waals surface area contributed by atoms with E-state index in [2.05, 4.69) is 15.7 Å². The zero-order valence-corrected chi connectivity index (χ0v) is 12.5. The highest BCUT2D eigenvalue weighted by Gasteiger charge is 2.17. The highest BCUT2D eigenvalue weighted by molar-refractivity contribution is 5.95. The van der Waals surface area contributed by atoms with E-state index >= 15 is 0 Å². The number of rotatable bonds is 6. The van der Waals surface area contributed by atoms with Crippen molar-refractivity contribution >= 4 is 11.8 Å². The van der Waals surface area contributed by atoms with Gasteiger partial charge in [-0.15, -0.1) is 0 Å². The minimum atomic E-state index is -0.287. The van der Waals surface area contributed by atoms with Crippen LogP contribution in [0.3, 0.4) is 0 Å². The lowest BCUT2D eigenvalue weighted by Gasteiger charge is -2.11. The Kier molecular flexibility index (Phi) is 5.32. The maximum Gasteiger partial charge on any atom is 0.269 e. The molecule has 2 rings (SSSR count). The molecule has 21 heavy (non-hydrogen) atoms. The van der Waals surface area contributed by atoms with Crippen LogP contribution in [-0.4, -0.2) is 47.4 Å². The topological polar surface area (TPSA) is 85.2 Å². The third-order valence-corrected chi connectivity index (χ3v) is 3.39. The van der Waals surface area contributed by atoms with Crippen LogP contribution in [0.4, 0.5) is 0 Å². The van der Waals surface area contributed by atoms with Gasteiger partial charge in [0.25, 0.3) is 5.91 Å². The average molecular weight is 294 g/mol. The Morgan fingerprint density at radius 1 is 1.48 bits per heavy atom. The molecule has 1 aliphatic heterocycles. The monoisotopic (exact) mass is 294 g/mol. The van der Waals surface area contributed by atoms with E-state index in [1.54, 1.807) is 10.7 Å². The quantitative estimate of drug-likeness (QED) is 0.787. The van der Waals surface area contributed by atoms with E-state index < -0.39 is 0 Å². The van der Waals surface area contributed by atoms with Crippen LogP contribution in [-0.2, 0) is 16.1 Å². The summed E-state index contributed by atoms with van der Waals surface area (Å²) in [5.41, 5.74) is 1.26. The largest absolute Gasteiger partial charge is 0.376 e. The summed E-state index contributed by atoms with van der Waals surface area (Å²) in [5, 5.41) is 9.58. The maximum atomic E-state index is 12.0. The number of hydrogen-bond acceptors (Lipinski definition) is 4. The molecule has 116 valence electrons. The third-order valence-electron chi connectivity index (χ3n) is 3.39. The first-order valence-electron chi connectivity index (χ1n) is 7.31. The molecule has 2 heterocycles. The predicted molar refractivity (Wildman–Crippen MR) is 77.0 cm³/mol. The molecule has 2 amide bonds. The molecule has 0 radical (unpaired) electrons. The summed E-state index contributed by atoms with van der Waals surface area (Å²) in [7, 11) is 0. The molecule has 1 saturated heterocycles. The van der Waals surface area contributed by atoms with Crippen molar-refractivity contribution < 1.29 is 14.3 Å². The van der Waals surface area contributed by atoms with Crippen LogP contribution < -0.4 is 10.6 Å². The van der Waals surface area contributed by atoms with Crippen LogP contribution in [0.1, 0.15) is 35.9 Å². The van der Waals surface area contributed by atoms with Crippen LogP contribution in [0.15, 0.2) is 6.07 Å². The van der Waals surface area contributed by atoms with Gasteiger partial charge in [-0.25, -0.2) is 0 Å². The number of carbonyl (C=O) groups is 2. The summed E-state index contributed by atoms with van der Waals surface area (Å²) in [6.45, 7) is 5.58. The smallest absolute Gasteiger partial charge is 0.269 e. The number of amides is 2. The highest BCUT2D eigenvalue weighted by atomic mass is 16.5. The Labute approximate surface area is 124 Å². The van der Waals surface area contributed by atoms with Crippen molar-refractivity contribution in [2.24, 2.45) is 0 Å². The van der Waals surface area contributed by atoms with Crippen molar-refractivity contribution in [3.05, 3.63) is 17.5 Å². The molecule has 7 heteroatoms. The Morgan fingerprint density at radius 2 is 2.29 bits per heavy atom. The molecular weight excluding hydrogens is 272 g/mol. The lowest BCUT2D eigenvalue weighted by Crippen LogP contribution is -2.40. The van der Waals surface area contributed by atoms with Gasteiger partial charge in [-0.1, -0.05) is 0 Å². The highest BCUT2D eigenvalue weighted by Crippen LogP contribution is 2.10. The summed E-state index contributed by atoms with van der Waals surface area (Å²) >= 11 is 0. The van der Waals surface area contributed by atoms with Crippen LogP contribution in [0.25, 0.3) is 0 Å². The fraction of sp³-hybridized carbons (Fsp3) is 0.643. The number of nitrogens with one attached hydrogen (secondary N) is 2. The lowest BCUT2D eigenvalue weighted by atomic mass is 10.2. The van der Waals surface area contributed by atoms with Gasteiger partial charge in [-0.05, 0) is 32.8 Å². The van der Waals surface area contributed by atoms with Crippen molar-refractivity contribution in [2.75, 3.05) is 19.7 Å². The van der Waals surface area contributed by atoms with Gasteiger partial charge >= 0.3 is 0 Å². The molecule has 1 aromatic rings. The van der Waals surface area contributed by atoms with E-state index in [0.717, 1.165) is 25.1 Å². The van der Waals surface area contributed by atoms with E-state index in [9.17, 15) is 9.59 Å². The molecule has 2 N–H and O–H groups in total. The summed E-state index contributed by atoms with van der Waals surface area (Å²) in [6.07, 6.45) is 2.12. The van der Waals surface area contributed by atoms with Crippen molar-refractivity contribution in [3.8, 4) is 0 Å². The predicted octanol–water partition coefficient (Wildman–Crippen LogP) is 0.236. The minimum Gasteiger partial charge on any atom is -0.376 e. The van der Waals surface area contributed by atoms with Crippen LogP contribution in [0.5, 0.6) is 0 Å². The standard InChI is InChI=1S/C14H22N4O3/c1-3-18-12(7-10(2)17-18)14(20)16-9-13(19)15-8-11-5-4-6-21-11/h7,11H,3-6,8-9H2,1-2H3,(H,15,19)(H,16,20). The van der Waals surface area contributed by atoms with E-state index in [-0.39, 0.29) is 24.5 Å². The molecule has 1 fully saturated rings. The fourth-order valence-corrected chi connectivity index (χ4v) is 2.32. The summed E-state index contributed by atoms with van der Waals surface area (Å²) in [4.78, 5) is 23.7. The van der Waals surface area contributed by atoms with Crippen LogP contribution >= 0.6 is 0 Å². The van der Waals surface area contributed by atoms with E-state index in [1.165, 1.54) is 0 Å². The number of aryl methyl sites for hydroxylation is 2. The second-order valence-electron chi connectivity index (χ2n) is 5.11. The van der Waals surface area contributed by atoms with E-state index in [0.29, 0.717) is 18.8 Å². The van der Waals surface area contributed by atoms with Gasteiger partial charge in [0, 0.05) is 19.7 Å². The number of carbonyl (C=O) groups excluding carboxylic acids is 2. The maximum absolute atomic E-state index is 12.0. The summed E-state index contributed by atoms with van der Waals surface area (Å²) < 4.78 is 7.04.